The standard InChI is InChI=1S/C24H40N6O8Se2/c1-13(23(35)37-3)27-19(31)17-7-5-9-29(17)21(33)15(25)11-39-40-12-16(26)22(34)30-10-6-8-18(30)20(32)28-14(2)24(36)38-4/h13-18H,5-12,25-26H2,1-4H3,(H,27,31)(H,28,32)/t13-,14-,15-,16-,17-,18-/m0/s1. The van der Waals surface area contributed by atoms with Crippen LogP contribution in [0.4, 0.5) is 0 Å². The zero-order valence-corrected chi connectivity index (χ0v) is 26.7. The van der Waals surface area contributed by atoms with E-state index in [2.05, 4.69) is 20.1 Å². The van der Waals surface area contributed by atoms with E-state index in [0.717, 1.165) is 0 Å². The first-order valence-corrected chi connectivity index (χ1v) is 19.8. The first kappa shape index (κ1) is 34.0. The topological polar surface area (TPSA) is 203 Å². The Hall–Kier alpha value is -2.22. The zero-order chi connectivity index (χ0) is 30.0. The molecule has 16 heteroatoms. The summed E-state index contributed by atoms with van der Waals surface area (Å²) in [4.78, 5) is 77.4. The van der Waals surface area contributed by atoms with E-state index in [1.807, 2.05) is 0 Å². The number of hydrogen-bond donors (Lipinski definition) is 4. The predicted octanol–water partition coefficient (Wildman–Crippen LogP) is -2.86. The van der Waals surface area contributed by atoms with E-state index in [-0.39, 0.29) is 38.1 Å². The van der Waals surface area contributed by atoms with E-state index in [1.165, 1.54) is 37.9 Å². The molecule has 40 heavy (non-hydrogen) atoms. The van der Waals surface area contributed by atoms with Gasteiger partial charge >= 0.3 is 246 Å². The van der Waals surface area contributed by atoms with Gasteiger partial charge in [-0.3, -0.25) is 0 Å². The van der Waals surface area contributed by atoms with Crippen LogP contribution in [0, 0.1) is 0 Å². The molecule has 0 spiro atoms. The molecule has 2 heterocycles. The number of amides is 4. The van der Waals surface area contributed by atoms with Gasteiger partial charge in [-0.25, -0.2) is 0 Å². The molecule has 226 valence electrons. The van der Waals surface area contributed by atoms with Gasteiger partial charge in [-0.1, -0.05) is 0 Å². The van der Waals surface area contributed by atoms with Crippen molar-refractivity contribution in [1.82, 2.24) is 20.4 Å². The molecule has 0 radical (unpaired) electrons. The fraction of sp³-hybridized carbons (Fsp3) is 0.750. The summed E-state index contributed by atoms with van der Waals surface area (Å²) < 4.78 is 9.26. The molecule has 6 atom stereocenters. The van der Waals surface area contributed by atoms with Gasteiger partial charge in [0.05, 0.1) is 0 Å². The molecular weight excluding hydrogens is 658 g/mol. The number of ether oxygens (including phenoxy) is 2. The maximum absolute atomic E-state index is 13.0. The molecule has 0 aliphatic carbocycles. The van der Waals surface area contributed by atoms with Crippen LogP contribution in [0.5, 0.6) is 0 Å². The summed E-state index contributed by atoms with van der Waals surface area (Å²) in [5.74, 6) is -2.59. The van der Waals surface area contributed by atoms with Crippen molar-refractivity contribution in [2.45, 2.75) is 86.4 Å². The number of hydrogen-bond acceptors (Lipinski definition) is 10. The van der Waals surface area contributed by atoms with Crippen molar-refractivity contribution in [2.24, 2.45) is 11.5 Å². The van der Waals surface area contributed by atoms with Crippen molar-refractivity contribution in [3.05, 3.63) is 0 Å². The second kappa shape index (κ2) is 16.3. The summed E-state index contributed by atoms with van der Waals surface area (Å²) in [6, 6.07) is -4.56. The Morgan fingerprint density at radius 3 is 1.43 bits per heavy atom. The van der Waals surface area contributed by atoms with Crippen molar-refractivity contribution >= 4 is 61.8 Å². The van der Waals surface area contributed by atoms with Gasteiger partial charge in [-0.05, 0) is 0 Å². The van der Waals surface area contributed by atoms with Crippen LogP contribution in [0.1, 0.15) is 39.5 Å². The first-order valence-electron chi connectivity index (χ1n) is 13.1. The summed E-state index contributed by atoms with van der Waals surface area (Å²) in [6.45, 7) is 3.86. The zero-order valence-electron chi connectivity index (χ0n) is 23.3. The molecule has 0 aromatic heterocycles. The summed E-state index contributed by atoms with van der Waals surface area (Å²) in [6.07, 6.45) is 2.29. The van der Waals surface area contributed by atoms with E-state index in [1.54, 1.807) is 0 Å². The quantitative estimate of drug-likeness (QED) is 0.0881. The normalized spacial score (nSPS) is 21.6. The van der Waals surface area contributed by atoms with Crippen molar-refractivity contribution in [3.8, 4) is 0 Å². The molecule has 0 aromatic carbocycles. The minimum absolute atomic E-state index is 0.0193. The Balaban J connectivity index is 1.80. The van der Waals surface area contributed by atoms with Crippen LogP contribution >= 0.6 is 0 Å². The van der Waals surface area contributed by atoms with Crippen LogP contribution in [-0.4, -0.2) is 135 Å². The van der Waals surface area contributed by atoms with E-state index >= 15 is 0 Å². The fourth-order valence-electron chi connectivity index (χ4n) is 4.51. The Kier molecular flexibility index (Phi) is 13.8. The molecule has 4 amide bonds. The molecule has 6 N–H and O–H groups in total. The van der Waals surface area contributed by atoms with Gasteiger partial charge in [0.25, 0.3) is 0 Å². The second-order valence-electron chi connectivity index (χ2n) is 9.67. The fourth-order valence-corrected chi connectivity index (χ4v) is 11.4. The summed E-state index contributed by atoms with van der Waals surface area (Å²) in [5.41, 5.74) is 12.3. The van der Waals surface area contributed by atoms with Crippen LogP contribution < -0.4 is 22.1 Å². The van der Waals surface area contributed by atoms with Gasteiger partial charge < -0.3 is 0 Å². The van der Waals surface area contributed by atoms with Crippen LogP contribution in [0.3, 0.4) is 0 Å². The van der Waals surface area contributed by atoms with Crippen LogP contribution in [-0.2, 0) is 38.2 Å². The van der Waals surface area contributed by atoms with Crippen LogP contribution in [0.15, 0.2) is 0 Å². The second-order valence-corrected chi connectivity index (χ2v) is 17.2. The Bertz CT molecular complexity index is 882. The third-order valence-electron chi connectivity index (χ3n) is 6.72. The first-order chi connectivity index (χ1) is 18.9. The van der Waals surface area contributed by atoms with Gasteiger partial charge in [0, 0.05) is 0 Å². The molecular formula is C24H40N6O8Se2. The van der Waals surface area contributed by atoms with Gasteiger partial charge in [0.15, 0.2) is 0 Å². The SMILES string of the molecule is COC(=O)[C@H](C)NC(=O)[C@@H]1CCCN1C(=O)[C@@H](N)C[Se][Se]C[C@H](N)C(=O)N1CCC[C@H]1C(=O)N[C@@H](C)C(=O)OC. The number of nitrogens with one attached hydrogen (secondary N) is 2. The molecule has 2 aliphatic heterocycles. The summed E-state index contributed by atoms with van der Waals surface area (Å²) in [5, 5.41) is 6.05. The number of rotatable bonds is 13. The molecule has 0 unspecified atom stereocenters. The number of nitrogens with two attached hydrogens (primary N) is 2. The van der Waals surface area contributed by atoms with Crippen molar-refractivity contribution in [2.75, 3.05) is 27.3 Å². The molecule has 0 aromatic rings. The van der Waals surface area contributed by atoms with E-state index < -0.39 is 60.0 Å². The number of likely N-dealkylation sites (tertiary alicyclic amines) is 2. The van der Waals surface area contributed by atoms with E-state index in [9.17, 15) is 28.8 Å². The number of methoxy groups -OCH3 is 2. The van der Waals surface area contributed by atoms with Crippen molar-refractivity contribution in [3.63, 3.8) is 0 Å². The van der Waals surface area contributed by atoms with Gasteiger partial charge in [0.1, 0.15) is 0 Å². The summed E-state index contributed by atoms with van der Waals surface area (Å²) in [7, 11) is 2.47. The van der Waals surface area contributed by atoms with E-state index in [0.29, 0.717) is 49.4 Å². The average molecular weight is 699 g/mol. The molecule has 0 bridgehead atoms. The van der Waals surface area contributed by atoms with Gasteiger partial charge in [-0.2, -0.15) is 0 Å². The van der Waals surface area contributed by atoms with Gasteiger partial charge in [-0.15, -0.1) is 0 Å². The average Bonchev–Trinajstić information content (AvgIpc) is 3.63. The molecule has 2 rings (SSSR count). The summed E-state index contributed by atoms with van der Waals surface area (Å²) >= 11 is -0.0385. The maximum atomic E-state index is 13.0. The monoisotopic (exact) mass is 700 g/mol. The third kappa shape index (κ3) is 9.15. The van der Waals surface area contributed by atoms with Crippen LogP contribution in [0.2, 0.25) is 10.6 Å². The van der Waals surface area contributed by atoms with Crippen molar-refractivity contribution in [1.29, 1.82) is 0 Å². The van der Waals surface area contributed by atoms with E-state index in [4.69, 9.17) is 11.5 Å². The Morgan fingerprint density at radius 1 is 0.750 bits per heavy atom. The number of nitrogens with zero attached hydrogens (tertiary/aromatic N) is 2. The van der Waals surface area contributed by atoms with Crippen LogP contribution in [0.25, 0.3) is 0 Å². The predicted molar refractivity (Wildman–Crippen MR) is 146 cm³/mol. The Labute approximate surface area is 245 Å². The Morgan fingerprint density at radius 2 is 1.10 bits per heavy atom. The number of carbonyl (C=O) groups is 6. The minimum atomic E-state index is -0.824. The number of esters is 2. The molecule has 2 fully saturated rings. The molecule has 2 saturated heterocycles. The molecule has 2 aliphatic rings. The van der Waals surface area contributed by atoms with Gasteiger partial charge in [0.2, 0.25) is 0 Å². The molecule has 0 saturated carbocycles. The number of carbonyl (C=O) groups excluding carboxylic acids is 6. The third-order valence-corrected chi connectivity index (χ3v) is 13.9. The molecule has 14 nitrogen and oxygen atoms in total. The van der Waals surface area contributed by atoms with Crippen molar-refractivity contribution < 1.29 is 38.2 Å².